The lowest BCUT2D eigenvalue weighted by atomic mass is 9.89. The zero-order valence-corrected chi connectivity index (χ0v) is 33.2. The van der Waals surface area contributed by atoms with E-state index in [1.165, 1.54) is 11.1 Å². The van der Waals surface area contributed by atoms with Crippen LogP contribution in [0.5, 0.6) is 0 Å². The van der Waals surface area contributed by atoms with Crippen molar-refractivity contribution in [1.82, 2.24) is 0 Å². The SMILES string of the molecule is Cc1ccc(C(C=CC2=C(Cl)C(C=CC(c3ccc(C)cc3)=[N+](C)N=Cc3ccc(N(C)C)cc3)CCC2)=[N+](C)N=Cc2ccc(N(C)C)cc2)cc1. The Kier molecular flexibility index (Phi) is 13.5. The van der Waals surface area contributed by atoms with Crippen molar-refractivity contribution in [3.05, 3.63) is 165 Å². The Morgan fingerprint density at radius 2 is 1.08 bits per heavy atom. The molecule has 53 heavy (non-hydrogen) atoms. The highest BCUT2D eigenvalue weighted by atomic mass is 35.5. The van der Waals surface area contributed by atoms with Gasteiger partial charge in [0, 0.05) is 73.8 Å². The first-order valence-corrected chi connectivity index (χ1v) is 18.6. The average Bonchev–Trinajstić information content (AvgIpc) is 3.16. The number of allylic oxidation sites excluding steroid dienone is 6. The van der Waals surface area contributed by atoms with Crippen LogP contribution in [0.3, 0.4) is 0 Å². The van der Waals surface area contributed by atoms with Gasteiger partial charge in [-0.1, -0.05) is 92.8 Å². The first kappa shape index (κ1) is 38.9. The van der Waals surface area contributed by atoms with Crippen LogP contribution in [0.4, 0.5) is 11.4 Å². The predicted octanol–water partition coefficient (Wildman–Crippen LogP) is 9.47. The van der Waals surface area contributed by atoms with E-state index >= 15 is 0 Å². The van der Waals surface area contributed by atoms with Gasteiger partial charge in [-0.2, -0.15) is 0 Å². The highest BCUT2D eigenvalue weighted by molar-refractivity contribution is 6.30. The second kappa shape index (κ2) is 18.4. The summed E-state index contributed by atoms with van der Waals surface area (Å²) in [6.07, 6.45) is 15.5. The molecule has 1 aliphatic rings. The molecule has 0 N–H and O–H groups in total. The van der Waals surface area contributed by atoms with Gasteiger partial charge < -0.3 is 9.80 Å². The molecule has 0 saturated carbocycles. The maximum absolute atomic E-state index is 7.23. The van der Waals surface area contributed by atoms with Gasteiger partial charge in [-0.25, -0.2) is 0 Å². The topological polar surface area (TPSA) is 37.2 Å². The van der Waals surface area contributed by atoms with Crippen LogP contribution in [0.15, 0.2) is 142 Å². The van der Waals surface area contributed by atoms with E-state index in [4.69, 9.17) is 21.8 Å². The Morgan fingerprint density at radius 3 is 1.51 bits per heavy atom. The molecule has 0 spiro atoms. The molecule has 0 fully saturated rings. The average molecular weight is 725 g/mol. The fourth-order valence-corrected chi connectivity index (χ4v) is 6.45. The molecule has 272 valence electrons. The van der Waals surface area contributed by atoms with Crippen molar-refractivity contribution in [2.24, 2.45) is 16.1 Å². The molecule has 4 aromatic carbocycles. The Labute approximate surface area is 321 Å². The molecule has 0 amide bonds. The normalized spacial score (nSPS) is 16.2. The molecule has 0 heterocycles. The third-order valence-corrected chi connectivity index (χ3v) is 10.0. The van der Waals surface area contributed by atoms with E-state index in [0.29, 0.717) is 0 Å². The molecule has 0 radical (unpaired) electrons. The molecule has 1 unspecified atom stereocenters. The maximum atomic E-state index is 7.23. The lowest BCUT2D eigenvalue weighted by Gasteiger charge is -2.21. The summed E-state index contributed by atoms with van der Waals surface area (Å²) in [4.78, 5) is 4.18. The van der Waals surface area contributed by atoms with E-state index in [2.05, 4.69) is 145 Å². The largest absolute Gasteiger partial charge is 0.378 e. The van der Waals surface area contributed by atoms with Crippen LogP contribution in [0.2, 0.25) is 0 Å². The van der Waals surface area contributed by atoms with Crippen molar-refractivity contribution in [1.29, 1.82) is 0 Å². The third-order valence-electron chi connectivity index (χ3n) is 9.49. The summed E-state index contributed by atoms with van der Waals surface area (Å²) >= 11 is 7.23. The summed E-state index contributed by atoms with van der Waals surface area (Å²) in [6.45, 7) is 4.21. The number of nitrogens with zero attached hydrogens (tertiary/aromatic N) is 6. The molecule has 0 aromatic heterocycles. The van der Waals surface area contributed by atoms with E-state index in [9.17, 15) is 0 Å². The first-order valence-electron chi connectivity index (χ1n) is 18.2. The molecule has 6 nitrogen and oxygen atoms in total. The monoisotopic (exact) mass is 724 g/mol. The van der Waals surface area contributed by atoms with Crippen LogP contribution in [-0.4, -0.2) is 75.5 Å². The summed E-state index contributed by atoms with van der Waals surface area (Å²) in [6, 6.07) is 33.9. The van der Waals surface area contributed by atoms with Crippen LogP contribution in [0.1, 0.15) is 52.6 Å². The second-order valence-electron chi connectivity index (χ2n) is 14.1. The Balaban J connectivity index is 1.44. The summed E-state index contributed by atoms with van der Waals surface area (Å²) < 4.78 is 3.88. The van der Waals surface area contributed by atoms with Crippen LogP contribution in [0, 0.1) is 19.8 Å². The van der Waals surface area contributed by atoms with Gasteiger partial charge in [0.25, 0.3) is 0 Å². The van der Waals surface area contributed by atoms with Crippen molar-refractivity contribution in [2.45, 2.75) is 33.1 Å². The fourth-order valence-electron chi connectivity index (χ4n) is 6.11. The number of hydrazone groups is 2. The van der Waals surface area contributed by atoms with Gasteiger partial charge in [0.05, 0.1) is 0 Å². The Bertz CT molecular complexity index is 2060. The minimum Gasteiger partial charge on any atom is -0.378 e. The second-order valence-corrected chi connectivity index (χ2v) is 14.5. The summed E-state index contributed by atoms with van der Waals surface area (Å²) in [5, 5.41) is 10.6. The number of aryl methyl sites for hydroxylation is 2. The number of hydrogen-bond donors (Lipinski definition) is 0. The van der Waals surface area contributed by atoms with Gasteiger partial charge in [-0.15, -0.1) is 0 Å². The first-order chi connectivity index (χ1) is 25.5. The predicted molar refractivity (Wildman–Crippen MR) is 228 cm³/mol. The number of benzene rings is 4. The molecule has 0 saturated heterocycles. The van der Waals surface area contributed by atoms with Crippen molar-refractivity contribution >= 4 is 46.8 Å². The van der Waals surface area contributed by atoms with E-state index in [-0.39, 0.29) is 5.92 Å². The summed E-state index contributed by atoms with van der Waals surface area (Å²) in [7, 11) is 12.2. The number of hydrogen-bond acceptors (Lipinski definition) is 4. The third kappa shape index (κ3) is 10.8. The van der Waals surface area contributed by atoms with Gasteiger partial charge in [-0.3, -0.25) is 0 Å². The number of rotatable bonds is 12. The van der Waals surface area contributed by atoms with Gasteiger partial charge in [0.15, 0.2) is 14.1 Å². The van der Waals surface area contributed by atoms with Crippen molar-refractivity contribution in [2.75, 3.05) is 52.1 Å². The lowest BCUT2D eigenvalue weighted by Crippen LogP contribution is -2.14. The maximum Gasteiger partial charge on any atom is 0.238 e. The van der Waals surface area contributed by atoms with E-state index in [0.717, 1.165) is 74.9 Å². The van der Waals surface area contributed by atoms with Gasteiger partial charge >= 0.3 is 0 Å². The van der Waals surface area contributed by atoms with Crippen molar-refractivity contribution in [3.8, 4) is 0 Å². The zero-order chi connectivity index (χ0) is 37.9. The molecule has 4 aromatic rings. The van der Waals surface area contributed by atoms with Crippen LogP contribution in [0.25, 0.3) is 0 Å². The molecular weight excluding hydrogens is 672 g/mol. The molecule has 5 rings (SSSR count). The molecule has 0 aliphatic heterocycles. The van der Waals surface area contributed by atoms with E-state index < -0.39 is 0 Å². The fraction of sp³-hybridized carbons (Fsp3) is 0.261. The summed E-state index contributed by atoms with van der Waals surface area (Å²) in [5.74, 6) is 0.102. The molecular formula is C46H53ClN6+2. The highest BCUT2D eigenvalue weighted by Gasteiger charge is 2.21. The quantitative estimate of drug-likeness (QED) is 0.0830. The molecule has 1 aliphatic carbocycles. The van der Waals surface area contributed by atoms with Crippen LogP contribution in [-0.2, 0) is 0 Å². The van der Waals surface area contributed by atoms with E-state index in [1.54, 1.807) is 0 Å². The molecule has 0 bridgehead atoms. The lowest BCUT2D eigenvalue weighted by molar-refractivity contribution is -0.500. The van der Waals surface area contributed by atoms with E-state index in [1.807, 2.05) is 64.1 Å². The highest BCUT2D eigenvalue weighted by Crippen LogP contribution is 2.34. The number of halogens is 1. The van der Waals surface area contributed by atoms with Gasteiger partial charge in [-0.05, 0) is 109 Å². The Morgan fingerprint density at radius 1 is 0.642 bits per heavy atom. The van der Waals surface area contributed by atoms with Crippen LogP contribution >= 0.6 is 11.6 Å². The summed E-state index contributed by atoms with van der Waals surface area (Å²) in [5.41, 5.74) is 12.2. The zero-order valence-electron chi connectivity index (χ0n) is 32.5. The minimum absolute atomic E-state index is 0.102. The van der Waals surface area contributed by atoms with Gasteiger partial charge in [0.2, 0.25) is 11.4 Å². The standard InChI is InChI=1S/C46H53ClN6/c1-34-12-20-38(21-13-34)44(52(7)48-32-36-16-26-42(27-17-36)50(3)4)30-24-40-10-9-11-41(46(40)47)25-31-45(39-22-14-35(2)15-23-39)53(8)49-33-37-18-28-43(29-19-37)51(5)6/h12-33,40H,9-11H2,1-8H3/q+2. The van der Waals surface area contributed by atoms with Crippen molar-refractivity contribution < 1.29 is 9.37 Å². The smallest absolute Gasteiger partial charge is 0.238 e. The Hall–Kier alpha value is -5.33. The van der Waals surface area contributed by atoms with Crippen molar-refractivity contribution in [3.63, 3.8) is 0 Å². The molecule has 1 atom stereocenters. The molecule has 7 heteroatoms. The number of anilines is 2. The minimum atomic E-state index is 0.102. The van der Waals surface area contributed by atoms with Crippen LogP contribution < -0.4 is 9.80 Å². The van der Waals surface area contributed by atoms with Gasteiger partial charge in [0.1, 0.15) is 12.4 Å².